The molecule has 3 aromatic rings. The van der Waals surface area contributed by atoms with Gasteiger partial charge in [0, 0.05) is 6.04 Å². The summed E-state index contributed by atoms with van der Waals surface area (Å²) in [5.41, 5.74) is 2.47. The molecule has 0 unspecified atom stereocenters. The van der Waals surface area contributed by atoms with Gasteiger partial charge in [0.05, 0.1) is 17.0 Å². The van der Waals surface area contributed by atoms with E-state index in [1.165, 1.54) is 0 Å². The number of benzene rings is 1. The van der Waals surface area contributed by atoms with Gasteiger partial charge in [-0.2, -0.15) is 10.2 Å². The highest BCUT2D eigenvalue weighted by molar-refractivity contribution is 7.16. The van der Waals surface area contributed by atoms with Crippen LogP contribution in [0.25, 0.3) is 10.2 Å². The molecule has 0 bridgehead atoms. The first-order chi connectivity index (χ1) is 13.1. The van der Waals surface area contributed by atoms with Crippen molar-refractivity contribution >= 4 is 27.5 Å². The molecule has 1 aromatic carbocycles. The van der Waals surface area contributed by atoms with E-state index in [1.54, 1.807) is 11.3 Å². The Morgan fingerprint density at radius 3 is 2.67 bits per heavy atom. The number of anilines is 1. The van der Waals surface area contributed by atoms with Gasteiger partial charge in [-0.15, -0.1) is 11.3 Å². The maximum atomic E-state index is 9.15. The van der Waals surface area contributed by atoms with E-state index in [0.717, 1.165) is 53.0 Å². The number of nitriles is 1. The average Bonchev–Trinajstić information content (AvgIpc) is 3.14. The first kappa shape index (κ1) is 17.7. The van der Waals surface area contributed by atoms with Gasteiger partial charge in [0.2, 0.25) is 11.8 Å². The highest BCUT2D eigenvalue weighted by Crippen LogP contribution is 2.35. The van der Waals surface area contributed by atoms with Gasteiger partial charge >= 0.3 is 0 Å². The van der Waals surface area contributed by atoms with E-state index in [1.807, 2.05) is 37.4 Å². The van der Waals surface area contributed by atoms with E-state index >= 15 is 0 Å². The van der Waals surface area contributed by atoms with Crippen LogP contribution in [0.1, 0.15) is 29.5 Å². The summed E-state index contributed by atoms with van der Waals surface area (Å²) >= 11 is 1.58. The molecular formula is C20H21N5OS. The van der Waals surface area contributed by atoms with Crippen LogP contribution in [0.3, 0.4) is 0 Å². The summed E-state index contributed by atoms with van der Waals surface area (Å²) in [5, 5.41) is 18.9. The Kier molecular flexibility index (Phi) is 4.92. The Morgan fingerprint density at radius 2 is 1.96 bits per heavy atom. The fraction of sp³-hybridized carbons (Fsp3) is 0.350. The van der Waals surface area contributed by atoms with Crippen molar-refractivity contribution < 1.29 is 4.74 Å². The number of hydrogen-bond acceptors (Lipinski definition) is 7. The van der Waals surface area contributed by atoms with E-state index in [-0.39, 0.29) is 0 Å². The third-order valence-electron chi connectivity index (χ3n) is 4.75. The lowest BCUT2D eigenvalue weighted by Crippen LogP contribution is -2.35. The molecule has 0 amide bonds. The summed E-state index contributed by atoms with van der Waals surface area (Å²) in [7, 11) is 0. The topological polar surface area (TPSA) is 82.9 Å². The molecule has 3 heterocycles. The standard InChI is InChI=1S/C20H21N5OS/c1-12-9-14(11-21)10-13(2)17(12)26-18-16-5-8-27-19(16)25-20(24-18)23-15-3-6-22-7-4-15/h5,8-10,15,22H,3-4,6-7H2,1-2H3,(H,23,24,25). The second kappa shape index (κ2) is 7.51. The number of ether oxygens (including phenoxy) is 1. The van der Waals surface area contributed by atoms with E-state index in [9.17, 15) is 0 Å². The van der Waals surface area contributed by atoms with E-state index in [0.29, 0.717) is 23.4 Å². The molecular weight excluding hydrogens is 358 g/mol. The minimum atomic E-state index is 0.370. The predicted molar refractivity (Wildman–Crippen MR) is 108 cm³/mol. The first-order valence-electron chi connectivity index (χ1n) is 9.06. The minimum Gasteiger partial charge on any atom is -0.438 e. The summed E-state index contributed by atoms with van der Waals surface area (Å²) in [4.78, 5) is 10.2. The van der Waals surface area contributed by atoms with Crippen LogP contribution in [-0.2, 0) is 0 Å². The Morgan fingerprint density at radius 1 is 1.22 bits per heavy atom. The van der Waals surface area contributed by atoms with Crippen LogP contribution in [0.2, 0.25) is 0 Å². The molecule has 138 valence electrons. The highest BCUT2D eigenvalue weighted by Gasteiger charge is 2.18. The van der Waals surface area contributed by atoms with Crippen LogP contribution in [0, 0.1) is 25.2 Å². The molecule has 0 aliphatic carbocycles. The number of piperidine rings is 1. The Bertz CT molecular complexity index is 994. The molecule has 2 aromatic heterocycles. The second-order valence-corrected chi connectivity index (χ2v) is 7.71. The van der Waals surface area contributed by atoms with Gasteiger partial charge in [0.1, 0.15) is 10.6 Å². The predicted octanol–water partition coefficient (Wildman–Crippen LogP) is 4.14. The molecule has 1 fully saturated rings. The molecule has 1 aliphatic rings. The molecule has 0 saturated carbocycles. The SMILES string of the molecule is Cc1cc(C#N)cc(C)c1Oc1nc(NC2CCNCC2)nc2sccc12. The van der Waals surface area contributed by atoms with Crippen molar-refractivity contribution in [3.05, 3.63) is 40.3 Å². The van der Waals surface area contributed by atoms with Crippen molar-refractivity contribution in [3.8, 4) is 17.7 Å². The number of rotatable bonds is 4. The maximum absolute atomic E-state index is 9.15. The average molecular weight is 379 g/mol. The summed E-state index contributed by atoms with van der Waals surface area (Å²) in [6, 6.07) is 8.21. The number of nitrogens with zero attached hydrogens (tertiary/aromatic N) is 3. The molecule has 1 aliphatic heterocycles. The number of hydrogen-bond donors (Lipinski definition) is 2. The first-order valence-corrected chi connectivity index (χ1v) is 9.93. The molecule has 1 saturated heterocycles. The lowest BCUT2D eigenvalue weighted by atomic mass is 10.1. The van der Waals surface area contributed by atoms with Crippen molar-refractivity contribution in [2.45, 2.75) is 32.7 Å². The molecule has 0 spiro atoms. The van der Waals surface area contributed by atoms with Crippen molar-refractivity contribution in [1.29, 1.82) is 5.26 Å². The fourth-order valence-electron chi connectivity index (χ4n) is 3.39. The highest BCUT2D eigenvalue weighted by atomic mass is 32.1. The van der Waals surface area contributed by atoms with Crippen molar-refractivity contribution in [2.24, 2.45) is 0 Å². The number of thiophene rings is 1. The van der Waals surface area contributed by atoms with Crippen LogP contribution in [-0.4, -0.2) is 29.1 Å². The van der Waals surface area contributed by atoms with Crippen LogP contribution in [0.5, 0.6) is 11.6 Å². The van der Waals surface area contributed by atoms with Gasteiger partial charge in [-0.25, -0.2) is 4.98 Å². The normalized spacial score (nSPS) is 14.9. The van der Waals surface area contributed by atoms with E-state index in [2.05, 4.69) is 26.7 Å². The number of aromatic nitrogens is 2. The van der Waals surface area contributed by atoms with Gasteiger partial charge < -0.3 is 15.4 Å². The maximum Gasteiger partial charge on any atom is 0.232 e. The zero-order valence-electron chi connectivity index (χ0n) is 15.4. The Labute approximate surface area is 162 Å². The molecule has 0 radical (unpaired) electrons. The van der Waals surface area contributed by atoms with Gasteiger partial charge in [-0.3, -0.25) is 0 Å². The Balaban J connectivity index is 1.69. The molecule has 4 rings (SSSR count). The van der Waals surface area contributed by atoms with Crippen LogP contribution in [0.4, 0.5) is 5.95 Å². The smallest absolute Gasteiger partial charge is 0.232 e. The largest absolute Gasteiger partial charge is 0.438 e. The third kappa shape index (κ3) is 3.72. The number of aryl methyl sites for hydroxylation is 2. The lowest BCUT2D eigenvalue weighted by Gasteiger charge is -2.23. The van der Waals surface area contributed by atoms with Gasteiger partial charge in [-0.1, -0.05) is 0 Å². The second-order valence-electron chi connectivity index (χ2n) is 6.81. The van der Waals surface area contributed by atoms with Crippen LogP contribution < -0.4 is 15.4 Å². The van der Waals surface area contributed by atoms with Gasteiger partial charge in [0.25, 0.3) is 0 Å². The van der Waals surface area contributed by atoms with Crippen molar-refractivity contribution in [2.75, 3.05) is 18.4 Å². The molecule has 7 heteroatoms. The van der Waals surface area contributed by atoms with E-state index < -0.39 is 0 Å². The monoisotopic (exact) mass is 379 g/mol. The fourth-order valence-corrected chi connectivity index (χ4v) is 4.15. The summed E-state index contributed by atoms with van der Waals surface area (Å²) in [6.45, 7) is 5.91. The van der Waals surface area contributed by atoms with Crippen LogP contribution in [0.15, 0.2) is 23.6 Å². The quantitative estimate of drug-likeness (QED) is 0.709. The zero-order chi connectivity index (χ0) is 18.8. The van der Waals surface area contributed by atoms with Gasteiger partial charge in [-0.05, 0) is 74.5 Å². The molecule has 2 N–H and O–H groups in total. The minimum absolute atomic E-state index is 0.370. The van der Waals surface area contributed by atoms with Gasteiger partial charge in [0.15, 0.2) is 0 Å². The summed E-state index contributed by atoms with van der Waals surface area (Å²) in [5.74, 6) is 1.90. The zero-order valence-corrected chi connectivity index (χ0v) is 16.2. The molecule has 27 heavy (non-hydrogen) atoms. The van der Waals surface area contributed by atoms with Crippen molar-refractivity contribution in [1.82, 2.24) is 15.3 Å². The third-order valence-corrected chi connectivity index (χ3v) is 5.56. The molecule has 0 atom stereocenters. The Hall–Kier alpha value is -2.69. The lowest BCUT2D eigenvalue weighted by molar-refractivity contribution is 0.458. The van der Waals surface area contributed by atoms with Crippen molar-refractivity contribution in [3.63, 3.8) is 0 Å². The number of fused-ring (bicyclic) bond motifs is 1. The summed E-state index contributed by atoms with van der Waals surface area (Å²) in [6.07, 6.45) is 2.10. The molecule has 6 nitrogen and oxygen atoms in total. The van der Waals surface area contributed by atoms with Crippen LogP contribution >= 0.6 is 11.3 Å². The van der Waals surface area contributed by atoms with E-state index in [4.69, 9.17) is 10.00 Å². The summed E-state index contributed by atoms with van der Waals surface area (Å²) < 4.78 is 6.23. The number of nitrogens with one attached hydrogen (secondary N) is 2.